The zero-order valence-corrected chi connectivity index (χ0v) is 13.0. The van der Waals surface area contributed by atoms with Crippen LogP contribution in [0, 0.1) is 0 Å². The zero-order valence-electron chi connectivity index (χ0n) is 13.0. The summed E-state index contributed by atoms with van der Waals surface area (Å²) in [5.41, 5.74) is 1.76. The van der Waals surface area contributed by atoms with Crippen molar-refractivity contribution in [2.24, 2.45) is 0 Å². The fraction of sp³-hybridized carbons (Fsp3) is 0. The molecule has 0 atom stereocenters. The molecule has 3 aromatic rings. The van der Waals surface area contributed by atoms with Gasteiger partial charge < -0.3 is 14.9 Å². The van der Waals surface area contributed by atoms with E-state index in [0.717, 1.165) is 17.2 Å². The Morgan fingerprint density at radius 1 is 0.720 bits per heavy atom. The average Bonchev–Trinajstić information content (AvgIpc) is 2.63. The lowest BCUT2D eigenvalue weighted by Gasteiger charge is -2.10. The van der Waals surface area contributed by atoms with Crippen molar-refractivity contribution < 1.29 is 24.5 Å². The number of hydrogen-bond acceptors (Lipinski definition) is 3. The highest BCUT2D eigenvalue weighted by atomic mass is 16.5. The van der Waals surface area contributed by atoms with Gasteiger partial charge in [-0.3, -0.25) is 0 Å². The lowest BCUT2D eigenvalue weighted by Crippen LogP contribution is -2.04. The first kappa shape index (κ1) is 16.3. The number of hydrogen-bond donors (Lipinski definition) is 2. The Labute approximate surface area is 143 Å². The van der Waals surface area contributed by atoms with Gasteiger partial charge in [0.05, 0.1) is 5.56 Å². The highest BCUT2D eigenvalue weighted by Crippen LogP contribution is 2.28. The molecule has 0 bridgehead atoms. The number of rotatable bonds is 5. The van der Waals surface area contributed by atoms with Gasteiger partial charge in [0.25, 0.3) is 0 Å². The van der Waals surface area contributed by atoms with Crippen LogP contribution in [0.25, 0.3) is 11.1 Å². The molecule has 0 aliphatic rings. The van der Waals surface area contributed by atoms with Crippen LogP contribution >= 0.6 is 0 Å². The molecule has 0 aromatic heterocycles. The number of aromatic carboxylic acids is 2. The molecule has 124 valence electrons. The number of carboxylic acid groups (broad SMARTS) is 2. The first-order valence-electron chi connectivity index (χ1n) is 7.48. The fourth-order valence-electron chi connectivity index (χ4n) is 2.39. The van der Waals surface area contributed by atoms with Gasteiger partial charge in [-0.1, -0.05) is 42.5 Å². The molecule has 0 spiro atoms. The van der Waals surface area contributed by atoms with E-state index in [0.29, 0.717) is 5.75 Å². The van der Waals surface area contributed by atoms with E-state index < -0.39 is 11.9 Å². The van der Waals surface area contributed by atoms with Crippen LogP contribution in [0.3, 0.4) is 0 Å². The van der Waals surface area contributed by atoms with E-state index in [4.69, 9.17) is 9.84 Å². The molecule has 5 heteroatoms. The SMILES string of the molecule is O=C(O)c1ccc(Oc2ccc(-c3ccccc3)cc2)c(C(=O)O)c1. The molecule has 0 aliphatic heterocycles. The second kappa shape index (κ2) is 6.88. The summed E-state index contributed by atoms with van der Waals surface area (Å²) in [6.07, 6.45) is 0. The number of ether oxygens (including phenoxy) is 1. The summed E-state index contributed by atoms with van der Waals surface area (Å²) in [4.78, 5) is 22.3. The number of carboxylic acids is 2. The standard InChI is InChI=1S/C20H14O5/c21-19(22)15-8-11-18(17(12-15)20(23)24)25-16-9-6-14(7-10-16)13-4-2-1-3-5-13/h1-12H,(H,21,22)(H,23,24). The molecule has 3 rings (SSSR count). The van der Waals surface area contributed by atoms with Crippen LogP contribution in [0.4, 0.5) is 0 Å². The number of carbonyl (C=O) groups is 2. The molecule has 0 amide bonds. The molecular weight excluding hydrogens is 320 g/mol. The first-order valence-corrected chi connectivity index (χ1v) is 7.48. The van der Waals surface area contributed by atoms with Crippen molar-refractivity contribution >= 4 is 11.9 Å². The largest absolute Gasteiger partial charge is 0.478 e. The van der Waals surface area contributed by atoms with Gasteiger partial charge in [0.1, 0.15) is 17.1 Å². The summed E-state index contributed by atoms with van der Waals surface area (Å²) in [5, 5.41) is 18.2. The molecule has 0 unspecified atom stereocenters. The Bertz CT molecular complexity index is 915. The van der Waals surface area contributed by atoms with Gasteiger partial charge in [-0.15, -0.1) is 0 Å². The number of benzene rings is 3. The minimum atomic E-state index is -1.25. The van der Waals surface area contributed by atoms with E-state index in [2.05, 4.69) is 0 Å². The molecule has 5 nitrogen and oxygen atoms in total. The van der Waals surface area contributed by atoms with Crippen molar-refractivity contribution in [2.75, 3.05) is 0 Å². The van der Waals surface area contributed by atoms with Gasteiger partial charge in [0.15, 0.2) is 0 Å². The van der Waals surface area contributed by atoms with Crippen molar-refractivity contribution in [1.82, 2.24) is 0 Å². The summed E-state index contributed by atoms with van der Waals surface area (Å²) in [6, 6.07) is 20.8. The van der Waals surface area contributed by atoms with E-state index in [-0.39, 0.29) is 16.9 Å². The van der Waals surface area contributed by atoms with Gasteiger partial charge in [0.2, 0.25) is 0 Å². The van der Waals surface area contributed by atoms with Gasteiger partial charge >= 0.3 is 11.9 Å². The van der Waals surface area contributed by atoms with Crippen LogP contribution in [-0.4, -0.2) is 22.2 Å². The van der Waals surface area contributed by atoms with Crippen LogP contribution < -0.4 is 4.74 Å². The second-order valence-corrected chi connectivity index (χ2v) is 5.31. The fourth-order valence-corrected chi connectivity index (χ4v) is 2.39. The topological polar surface area (TPSA) is 83.8 Å². The molecule has 2 N–H and O–H groups in total. The third-order valence-electron chi connectivity index (χ3n) is 3.65. The van der Waals surface area contributed by atoms with E-state index in [1.165, 1.54) is 12.1 Å². The van der Waals surface area contributed by atoms with E-state index >= 15 is 0 Å². The van der Waals surface area contributed by atoms with Crippen LogP contribution in [0.15, 0.2) is 72.8 Å². The molecule has 0 saturated carbocycles. The molecule has 0 saturated heterocycles. The normalized spacial score (nSPS) is 10.2. The lowest BCUT2D eigenvalue weighted by atomic mass is 10.1. The van der Waals surface area contributed by atoms with E-state index in [1.54, 1.807) is 12.1 Å². The first-order chi connectivity index (χ1) is 12.0. The molecular formula is C20H14O5. The Balaban J connectivity index is 1.87. The molecule has 0 aliphatic carbocycles. The maximum absolute atomic E-state index is 11.4. The van der Waals surface area contributed by atoms with Crippen molar-refractivity contribution in [3.05, 3.63) is 83.9 Å². The minimum absolute atomic E-state index is 0.0879. The highest BCUT2D eigenvalue weighted by molar-refractivity contribution is 5.96. The predicted octanol–water partition coefficient (Wildman–Crippen LogP) is 4.54. The summed E-state index contributed by atoms with van der Waals surface area (Å²) < 4.78 is 5.62. The third kappa shape index (κ3) is 3.67. The maximum atomic E-state index is 11.4. The summed E-state index contributed by atoms with van der Waals surface area (Å²) in [5.74, 6) is -1.89. The highest BCUT2D eigenvalue weighted by Gasteiger charge is 2.15. The third-order valence-corrected chi connectivity index (χ3v) is 3.65. The molecule has 25 heavy (non-hydrogen) atoms. The van der Waals surface area contributed by atoms with E-state index in [9.17, 15) is 14.7 Å². The average molecular weight is 334 g/mol. The van der Waals surface area contributed by atoms with Crippen LogP contribution in [0.1, 0.15) is 20.7 Å². The minimum Gasteiger partial charge on any atom is -0.478 e. The van der Waals surface area contributed by atoms with Gasteiger partial charge in [-0.2, -0.15) is 0 Å². The van der Waals surface area contributed by atoms with Gasteiger partial charge in [-0.25, -0.2) is 9.59 Å². The second-order valence-electron chi connectivity index (χ2n) is 5.31. The molecule has 3 aromatic carbocycles. The summed E-state index contributed by atoms with van der Waals surface area (Å²) >= 11 is 0. The van der Waals surface area contributed by atoms with Gasteiger partial charge in [0, 0.05) is 0 Å². The van der Waals surface area contributed by atoms with Crippen LogP contribution in [0.2, 0.25) is 0 Å². The van der Waals surface area contributed by atoms with Crippen LogP contribution in [0.5, 0.6) is 11.5 Å². The smallest absolute Gasteiger partial charge is 0.339 e. The quantitative estimate of drug-likeness (QED) is 0.715. The molecule has 0 radical (unpaired) electrons. The maximum Gasteiger partial charge on any atom is 0.339 e. The molecule has 0 fully saturated rings. The predicted molar refractivity (Wildman–Crippen MR) is 92.3 cm³/mol. The van der Waals surface area contributed by atoms with E-state index in [1.807, 2.05) is 42.5 Å². The summed E-state index contributed by atoms with van der Waals surface area (Å²) in [6.45, 7) is 0. The van der Waals surface area contributed by atoms with Crippen molar-refractivity contribution in [3.63, 3.8) is 0 Å². The molecule has 0 heterocycles. The Kier molecular flexibility index (Phi) is 4.48. The Morgan fingerprint density at radius 3 is 1.96 bits per heavy atom. The van der Waals surface area contributed by atoms with Crippen molar-refractivity contribution in [2.45, 2.75) is 0 Å². The monoisotopic (exact) mass is 334 g/mol. The Morgan fingerprint density at radius 2 is 1.36 bits per heavy atom. The zero-order chi connectivity index (χ0) is 17.8. The van der Waals surface area contributed by atoms with Crippen molar-refractivity contribution in [3.8, 4) is 22.6 Å². The lowest BCUT2D eigenvalue weighted by molar-refractivity contribution is 0.0694. The van der Waals surface area contributed by atoms with Crippen LogP contribution in [-0.2, 0) is 0 Å². The van der Waals surface area contributed by atoms with Crippen molar-refractivity contribution in [1.29, 1.82) is 0 Å². The Hall–Kier alpha value is -3.60. The summed E-state index contributed by atoms with van der Waals surface area (Å²) in [7, 11) is 0. The van der Waals surface area contributed by atoms with Gasteiger partial charge in [-0.05, 0) is 41.5 Å².